The van der Waals surface area contributed by atoms with E-state index in [1.165, 1.54) is 29.2 Å². The van der Waals surface area contributed by atoms with E-state index >= 15 is 0 Å². The Balaban J connectivity index is 1.79. The third kappa shape index (κ3) is 4.51. The first-order chi connectivity index (χ1) is 15.8. The number of hydrogen-bond donors (Lipinski definition) is 1. The van der Waals surface area contributed by atoms with Crippen molar-refractivity contribution in [2.45, 2.75) is 32.0 Å². The number of aliphatic hydroxyl groups is 1. The maximum atomic E-state index is 13.8. The van der Waals surface area contributed by atoms with Crippen LogP contribution in [-0.4, -0.2) is 27.1 Å². The fraction of sp³-hybridized carbons (Fsp3) is 0.231. The maximum Gasteiger partial charge on any atom is 0.241 e. The van der Waals surface area contributed by atoms with E-state index in [1.807, 2.05) is 49.1 Å². The molecule has 0 bridgehead atoms. The Morgan fingerprint density at radius 1 is 0.970 bits per heavy atom. The molecule has 4 rings (SSSR count). The van der Waals surface area contributed by atoms with Gasteiger partial charge in [0.2, 0.25) is 5.91 Å². The monoisotopic (exact) mass is 482 g/mol. The van der Waals surface area contributed by atoms with Gasteiger partial charge < -0.3 is 10.0 Å². The standard InChI is InChI=1S/C26H24ClFN2O2S/c1-16(18-6-4-3-5-7-18)29-17(2)23(24(31)19-8-12-21(28)13-9-19)25(32)30(26(29)33)22-14-10-20(27)11-15-22/h3-17,23-24,31H,1-2H3/t16-,17+,23-,24-/m0/s1. The summed E-state index contributed by atoms with van der Waals surface area (Å²) in [5.41, 5.74) is 2.08. The Morgan fingerprint density at radius 3 is 2.18 bits per heavy atom. The van der Waals surface area contributed by atoms with Gasteiger partial charge in [-0.3, -0.25) is 9.69 Å². The molecule has 3 aromatic carbocycles. The van der Waals surface area contributed by atoms with E-state index < -0.39 is 23.9 Å². The number of thiocarbonyl (C=S) groups is 1. The second-order valence-corrected chi connectivity index (χ2v) is 8.99. The molecule has 0 aromatic heterocycles. The molecule has 7 heteroatoms. The molecule has 3 aromatic rings. The van der Waals surface area contributed by atoms with Crippen LogP contribution in [0.3, 0.4) is 0 Å². The van der Waals surface area contributed by atoms with Gasteiger partial charge in [0.1, 0.15) is 5.82 Å². The molecule has 33 heavy (non-hydrogen) atoms. The number of hydrogen-bond acceptors (Lipinski definition) is 3. The van der Waals surface area contributed by atoms with Crippen LogP contribution >= 0.6 is 23.8 Å². The molecule has 4 nitrogen and oxygen atoms in total. The zero-order valence-electron chi connectivity index (χ0n) is 18.2. The van der Waals surface area contributed by atoms with Crippen molar-refractivity contribution in [3.05, 3.63) is 101 Å². The Labute approximate surface area is 203 Å². The molecule has 1 fully saturated rings. The van der Waals surface area contributed by atoms with Crippen molar-refractivity contribution in [3.63, 3.8) is 0 Å². The normalized spacial score (nSPS) is 20.6. The fourth-order valence-electron chi connectivity index (χ4n) is 4.42. The molecule has 1 heterocycles. The maximum absolute atomic E-state index is 13.8. The van der Waals surface area contributed by atoms with Crippen LogP contribution in [0.4, 0.5) is 10.1 Å². The van der Waals surface area contributed by atoms with Crippen LogP contribution in [0, 0.1) is 11.7 Å². The van der Waals surface area contributed by atoms with Crippen molar-refractivity contribution < 1.29 is 14.3 Å². The van der Waals surface area contributed by atoms with E-state index in [0.717, 1.165) is 5.56 Å². The SMILES string of the molecule is C[C@@H]1[C@@H]([C@@H](O)c2ccc(F)cc2)C(=O)N(c2ccc(Cl)cc2)C(=S)N1[C@@H](C)c1ccccc1. The van der Waals surface area contributed by atoms with Crippen LogP contribution in [0.2, 0.25) is 5.02 Å². The van der Waals surface area contributed by atoms with Crippen LogP contribution in [0.15, 0.2) is 78.9 Å². The number of anilines is 1. The predicted molar refractivity (Wildman–Crippen MR) is 133 cm³/mol. The van der Waals surface area contributed by atoms with Crippen LogP contribution in [0.5, 0.6) is 0 Å². The molecule has 1 aliphatic heterocycles. The first-order valence-corrected chi connectivity index (χ1v) is 11.5. The third-order valence-electron chi connectivity index (χ3n) is 6.21. The van der Waals surface area contributed by atoms with Gasteiger partial charge in [0.25, 0.3) is 0 Å². The topological polar surface area (TPSA) is 43.8 Å². The van der Waals surface area contributed by atoms with Gasteiger partial charge in [-0.1, -0.05) is 54.1 Å². The molecule has 0 spiro atoms. The highest BCUT2D eigenvalue weighted by Gasteiger charge is 2.47. The molecule has 1 saturated heterocycles. The Kier molecular flexibility index (Phi) is 6.79. The number of halogens is 2. The minimum atomic E-state index is -1.14. The smallest absolute Gasteiger partial charge is 0.241 e. The van der Waals surface area contributed by atoms with Gasteiger partial charge in [-0.25, -0.2) is 4.39 Å². The minimum Gasteiger partial charge on any atom is -0.387 e. The molecule has 1 amide bonds. The van der Waals surface area contributed by atoms with Crippen molar-refractivity contribution >= 4 is 40.5 Å². The summed E-state index contributed by atoms with van der Waals surface area (Å²) in [6.07, 6.45) is -1.14. The van der Waals surface area contributed by atoms with E-state index in [-0.39, 0.29) is 11.9 Å². The molecule has 1 aliphatic rings. The zero-order chi connectivity index (χ0) is 23.7. The number of carbonyl (C=O) groups excluding carboxylic acids is 1. The van der Waals surface area contributed by atoms with E-state index in [4.69, 9.17) is 23.8 Å². The lowest BCUT2D eigenvalue weighted by atomic mass is 9.85. The van der Waals surface area contributed by atoms with Crippen LogP contribution in [0.1, 0.15) is 37.1 Å². The number of rotatable bonds is 5. The minimum absolute atomic E-state index is 0.153. The number of amides is 1. The lowest BCUT2D eigenvalue weighted by Gasteiger charge is -2.49. The number of aliphatic hydroxyl groups excluding tert-OH is 1. The van der Waals surface area contributed by atoms with Gasteiger partial charge in [-0.05, 0) is 73.6 Å². The predicted octanol–water partition coefficient (Wildman–Crippen LogP) is 5.91. The fourth-order valence-corrected chi connectivity index (χ4v) is 5.06. The molecule has 4 atom stereocenters. The van der Waals surface area contributed by atoms with Gasteiger partial charge in [-0.2, -0.15) is 0 Å². The lowest BCUT2D eigenvalue weighted by molar-refractivity contribution is -0.129. The molecule has 0 radical (unpaired) electrons. The van der Waals surface area contributed by atoms with Crippen molar-refractivity contribution in [1.29, 1.82) is 0 Å². The highest BCUT2D eigenvalue weighted by molar-refractivity contribution is 7.80. The number of carbonyl (C=O) groups is 1. The number of benzene rings is 3. The summed E-state index contributed by atoms with van der Waals surface area (Å²) in [4.78, 5) is 17.2. The molecular formula is C26H24ClFN2O2S. The quantitative estimate of drug-likeness (QED) is 0.459. The average Bonchev–Trinajstić information content (AvgIpc) is 2.81. The van der Waals surface area contributed by atoms with Gasteiger partial charge in [0.05, 0.1) is 23.8 Å². The van der Waals surface area contributed by atoms with Gasteiger partial charge in [0.15, 0.2) is 5.11 Å². The largest absolute Gasteiger partial charge is 0.387 e. The lowest BCUT2D eigenvalue weighted by Crippen LogP contribution is -2.62. The van der Waals surface area contributed by atoms with Crippen LogP contribution < -0.4 is 4.90 Å². The summed E-state index contributed by atoms with van der Waals surface area (Å²) in [6.45, 7) is 3.91. The summed E-state index contributed by atoms with van der Waals surface area (Å²) in [5, 5.41) is 12.2. The molecule has 1 N–H and O–H groups in total. The van der Waals surface area contributed by atoms with E-state index in [0.29, 0.717) is 21.4 Å². The highest BCUT2D eigenvalue weighted by atomic mass is 35.5. The molecule has 170 valence electrons. The van der Waals surface area contributed by atoms with Crippen molar-refractivity contribution in [2.24, 2.45) is 5.92 Å². The van der Waals surface area contributed by atoms with Crippen molar-refractivity contribution in [3.8, 4) is 0 Å². The molecule has 0 saturated carbocycles. The zero-order valence-corrected chi connectivity index (χ0v) is 19.8. The van der Waals surface area contributed by atoms with Crippen molar-refractivity contribution in [2.75, 3.05) is 4.90 Å². The summed E-state index contributed by atoms with van der Waals surface area (Å²) < 4.78 is 13.5. The molecular weight excluding hydrogens is 459 g/mol. The third-order valence-corrected chi connectivity index (χ3v) is 6.86. The van der Waals surface area contributed by atoms with Gasteiger partial charge in [-0.15, -0.1) is 0 Å². The average molecular weight is 483 g/mol. The Bertz CT molecular complexity index is 1140. The Hall–Kier alpha value is -2.80. The highest BCUT2D eigenvalue weighted by Crippen LogP contribution is 2.39. The van der Waals surface area contributed by atoms with Crippen LogP contribution in [-0.2, 0) is 4.79 Å². The Morgan fingerprint density at radius 2 is 1.58 bits per heavy atom. The summed E-state index contributed by atoms with van der Waals surface area (Å²) in [6, 6.07) is 21.7. The summed E-state index contributed by atoms with van der Waals surface area (Å²) >= 11 is 11.9. The number of nitrogens with zero attached hydrogens (tertiary/aromatic N) is 2. The second kappa shape index (κ2) is 9.59. The molecule has 0 aliphatic carbocycles. The first-order valence-electron chi connectivity index (χ1n) is 10.7. The van der Waals surface area contributed by atoms with E-state index in [2.05, 4.69) is 0 Å². The summed E-state index contributed by atoms with van der Waals surface area (Å²) in [7, 11) is 0. The van der Waals surface area contributed by atoms with Crippen molar-refractivity contribution in [1.82, 2.24) is 4.90 Å². The summed E-state index contributed by atoms with van der Waals surface area (Å²) in [5.74, 6) is -1.55. The molecule has 0 unspecified atom stereocenters. The van der Waals surface area contributed by atoms with E-state index in [9.17, 15) is 14.3 Å². The first kappa shape index (κ1) is 23.4. The second-order valence-electron chi connectivity index (χ2n) is 8.19. The van der Waals surface area contributed by atoms with E-state index in [1.54, 1.807) is 24.3 Å². The van der Waals surface area contributed by atoms with Gasteiger partial charge in [0, 0.05) is 11.1 Å². The van der Waals surface area contributed by atoms with Crippen LogP contribution in [0.25, 0.3) is 0 Å². The van der Waals surface area contributed by atoms with Gasteiger partial charge >= 0.3 is 0 Å².